The summed E-state index contributed by atoms with van der Waals surface area (Å²) in [5, 5.41) is 7.20. The molecule has 0 heterocycles. The summed E-state index contributed by atoms with van der Waals surface area (Å²) in [5.74, 6) is -0.125. The van der Waals surface area contributed by atoms with E-state index in [1.54, 1.807) is 42.6 Å². The standard InChI is InChI=1S/C16H15ClN2O2/c1-21-19-11-13-2-6-14(7-3-13)16(20)18-10-12-4-8-15(17)9-5-12/h2-9,11H,10H2,1H3,(H,18,20)/b19-11+. The SMILES string of the molecule is CO/N=C/c1ccc(C(=O)NCc2ccc(Cl)cc2)cc1. The molecular weight excluding hydrogens is 288 g/mol. The maximum Gasteiger partial charge on any atom is 0.251 e. The Hall–Kier alpha value is -2.33. The molecule has 2 aromatic carbocycles. The van der Waals surface area contributed by atoms with Gasteiger partial charge in [-0.3, -0.25) is 4.79 Å². The first kappa shape index (κ1) is 15.1. The van der Waals surface area contributed by atoms with E-state index in [1.165, 1.54) is 7.11 Å². The van der Waals surface area contributed by atoms with Gasteiger partial charge in [-0.25, -0.2) is 0 Å². The highest BCUT2D eigenvalue weighted by molar-refractivity contribution is 6.30. The van der Waals surface area contributed by atoms with Crippen LogP contribution in [-0.2, 0) is 11.4 Å². The Morgan fingerprint density at radius 2 is 1.86 bits per heavy atom. The Morgan fingerprint density at radius 3 is 2.48 bits per heavy atom. The Bertz CT molecular complexity index is 622. The molecule has 4 nitrogen and oxygen atoms in total. The Kier molecular flexibility index (Phi) is 5.35. The molecule has 0 aromatic heterocycles. The number of benzene rings is 2. The minimum Gasteiger partial charge on any atom is -0.399 e. The number of rotatable bonds is 5. The van der Waals surface area contributed by atoms with E-state index in [9.17, 15) is 4.79 Å². The molecule has 0 atom stereocenters. The fourth-order valence-corrected chi connectivity index (χ4v) is 1.85. The van der Waals surface area contributed by atoms with Gasteiger partial charge in [-0.1, -0.05) is 41.0 Å². The number of carbonyl (C=O) groups is 1. The molecule has 108 valence electrons. The van der Waals surface area contributed by atoms with Gasteiger partial charge in [-0.05, 0) is 35.4 Å². The topological polar surface area (TPSA) is 50.7 Å². The zero-order chi connectivity index (χ0) is 15.1. The monoisotopic (exact) mass is 302 g/mol. The lowest BCUT2D eigenvalue weighted by Gasteiger charge is -2.06. The molecule has 2 aromatic rings. The maximum atomic E-state index is 12.0. The summed E-state index contributed by atoms with van der Waals surface area (Å²) >= 11 is 5.81. The molecule has 0 aliphatic rings. The second kappa shape index (κ2) is 7.45. The van der Waals surface area contributed by atoms with Crippen LogP contribution in [0.15, 0.2) is 53.7 Å². The van der Waals surface area contributed by atoms with Gasteiger partial charge < -0.3 is 10.2 Å². The van der Waals surface area contributed by atoms with Crippen LogP contribution >= 0.6 is 11.6 Å². The van der Waals surface area contributed by atoms with Crippen LogP contribution in [0.3, 0.4) is 0 Å². The number of carbonyl (C=O) groups excluding carboxylic acids is 1. The number of oxime groups is 1. The third-order valence-corrected chi connectivity index (χ3v) is 3.10. The minimum absolute atomic E-state index is 0.125. The van der Waals surface area contributed by atoms with E-state index in [1.807, 2.05) is 12.1 Å². The van der Waals surface area contributed by atoms with E-state index in [4.69, 9.17) is 11.6 Å². The van der Waals surface area contributed by atoms with E-state index in [-0.39, 0.29) is 5.91 Å². The molecule has 0 unspecified atom stereocenters. The summed E-state index contributed by atoms with van der Waals surface area (Å²) in [6.45, 7) is 0.461. The molecule has 1 N–H and O–H groups in total. The number of nitrogens with zero attached hydrogens (tertiary/aromatic N) is 1. The largest absolute Gasteiger partial charge is 0.399 e. The predicted molar refractivity (Wildman–Crippen MR) is 83.7 cm³/mol. The molecule has 0 aliphatic heterocycles. The molecule has 5 heteroatoms. The van der Waals surface area contributed by atoms with Crippen molar-refractivity contribution in [2.75, 3.05) is 7.11 Å². The number of amides is 1. The highest BCUT2D eigenvalue weighted by atomic mass is 35.5. The smallest absolute Gasteiger partial charge is 0.251 e. The molecule has 0 aliphatic carbocycles. The summed E-state index contributed by atoms with van der Waals surface area (Å²) in [6, 6.07) is 14.5. The fraction of sp³-hybridized carbons (Fsp3) is 0.125. The van der Waals surface area contributed by atoms with E-state index in [0.29, 0.717) is 17.1 Å². The molecule has 0 saturated carbocycles. The molecule has 0 fully saturated rings. The molecule has 1 amide bonds. The average molecular weight is 303 g/mol. The first-order chi connectivity index (χ1) is 10.2. The minimum atomic E-state index is -0.125. The van der Waals surface area contributed by atoms with Crippen LogP contribution in [-0.4, -0.2) is 19.2 Å². The lowest BCUT2D eigenvalue weighted by atomic mass is 10.1. The second-order valence-electron chi connectivity index (χ2n) is 4.35. The highest BCUT2D eigenvalue weighted by Crippen LogP contribution is 2.09. The van der Waals surface area contributed by atoms with Crippen molar-refractivity contribution in [2.24, 2.45) is 5.16 Å². The lowest BCUT2D eigenvalue weighted by molar-refractivity contribution is 0.0951. The van der Waals surface area contributed by atoms with E-state index in [2.05, 4.69) is 15.3 Å². The van der Waals surface area contributed by atoms with Crippen molar-refractivity contribution in [1.82, 2.24) is 5.32 Å². The van der Waals surface area contributed by atoms with Crippen LogP contribution in [0.2, 0.25) is 5.02 Å². The van der Waals surface area contributed by atoms with Gasteiger partial charge in [0.05, 0.1) is 6.21 Å². The Labute approximate surface area is 128 Å². The van der Waals surface area contributed by atoms with Crippen molar-refractivity contribution >= 4 is 23.7 Å². The van der Waals surface area contributed by atoms with E-state index in [0.717, 1.165) is 11.1 Å². The van der Waals surface area contributed by atoms with Gasteiger partial charge in [0, 0.05) is 17.1 Å². The predicted octanol–water partition coefficient (Wildman–Crippen LogP) is 3.25. The van der Waals surface area contributed by atoms with Crippen molar-refractivity contribution in [2.45, 2.75) is 6.54 Å². The van der Waals surface area contributed by atoms with E-state index < -0.39 is 0 Å². The highest BCUT2D eigenvalue weighted by Gasteiger charge is 2.04. The zero-order valence-corrected chi connectivity index (χ0v) is 12.3. The van der Waals surface area contributed by atoms with Crippen molar-refractivity contribution in [3.63, 3.8) is 0 Å². The molecule has 0 saturated heterocycles. The average Bonchev–Trinajstić information content (AvgIpc) is 2.52. The van der Waals surface area contributed by atoms with Crippen molar-refractivity contribution < 1.29 is 9.63 Å². The van der Waals surface area contributed by atoms with Crippen molar-refractivity contribution in [3.8, 4) is 0 Å². The summed E-state index contributed by atoms with van der Waals surface area (Å²) in [6.07, 6.45) is 1.58. The molecule has 21 heavy (non-hydrogen) atoms. The van der Waals surface area contributed by atoms with Gasteiger partial charge >= 0.3 is 0 Å². The fourth-order valence-electron chi connectivity index (χ4n) is 1.72. The number of nitrogens with one attached hydrogen (secondary N) is 1. The van der Waals surface area contributed by atoms with Crippen LogP contribution in [0.5, 0.6) is 0 Å². The first-order valence-corrected chi connectivity index (χ1v) is 6.76. The third-order valence-electron chi connectivity index (χ3n) is 2.85. The van der Waals surface area contributed by atoms with Crippen molar-refractivity contribution in [3.05, 3.63) is 70.2 Å². The quantitative estimate of drug-likeness (QED) is 0.681. The van der Waals surface area contributed by atoms with Crippen LogP contribution in [0.4, 0.5) is 0 Å². The van der Waals surface area contributed by atoms with Gasteiger partial charge in [0.1, 0.15) is 7.11 Å². The van der Waals surface area contributed by atoms with Gasteiger partial charge in [0.2, 0.25) is 0 Å². The molecule has 0 spiro atoms. The summed E-state index contributed by atoms with van der Waals surface area (Å²) in [7, 11) is 1.48. The molecule has 0 bridgehead atoms. The number of hydrogen-bond donors (Lipinski definition) is 1. The zero-order valence-electron chi connectivity index (χ0n) is 11.5. The van der Waals surface area contributed by atoms with Gasteiger partial charge in [-0.15, -0.1) is 0 Å². The summed E-state index contributed by atoms with van der Waals surface area (Å²) in [5.41, 5.74) is 2.46. The van der Waals surface area contributed by atoms with Gasteiger partial charge in [0.25, 0.3) is 5.91 Å². The molecular formula is C16H15ClN2O2. The first-order valence-electron chi connectivity index (χ1n) is 6.38. The lowest BCUT2D eigenvalue weighted by Crippen LogP contribution is -2.22. The van der Waals surface area contributed by atoms with Gasteiger partial charge in [0.15, 0.2) is 0 Å². The van der Waals surface area contributed by atoms with Gasteiger partial charge in [-0.2, -0.15) is 0 Å². The van der Waals surface area contributed by atoms with Crippen LogP contribution in [0.25, 0.3) is 0 Å². The van der Waals surface area contributed by atoms with Crippen LogP contribution in [0.1, 0.15) is 21.5 Å². The van der Waals surface area contributed by atoms with Crippen molar-refractivity contribution in [1.29, 1.82) is 0 Å². The third kappa shape index (κ3) is 4.61. The number of hydrogen-bond acceptors (Lipinski definition) is 3. The van der Waals surface area contributed by atoms with E-state index >= 15 is 0 Å². The maximum absolute atomic E-state index is 12.0. The van der Waals surface area contributed by atoms with Crippen LogP contribution in [0, 0.1) is 0 Å². The second-order valence-corrected chi connectivity index (χ2v) is 4.78. The molecule has 2 rings (SSSR count). The summed E-state index contributed by atoms with van der Waals surface area (Å²) in [4.78, 5) is 16.6. The Balaban J connectivity index is 1.93. The Morgan fingerprint density at radius 1 is 1.19 bits per heavy atom. The molecule has 0 radical (unpaired) electrons. The normalized spacial score (nSPS) is 10.6. The van der Waals surface area contributed by atoms with Crippen LogP contribution < -0.4 is 5.32 Å². The summed E-state index contributed by atoms with van der Waals surface area (Å²) < 4.78 is 0. The number of halogens is 1.